The van der Waals surface area contributed by atoms with Crippen LogP contribution in [0.25, 0.3) is 0 Å². The predicted molar refractivity (Wildman–Crippen MR) is 100.0 cm³/mol. The lowest BCUT2D eigenvalue weighted by molar-refractivity contribution is -0.117. The number of carbonyl (C=O) groups excluding carboxylic acids is 1. The molecule has 25 heavy (non-hydrogen) atoms. The monoisotopic (exact) mass is 339 g/mol. The van der Waals surface area contributed by atoms with E-state index in [9.17, 15) is 4.79 Å². The van der Waals surface area contributed by atoms with E-state index in [4.69, 9.17) is 0 Å². The van der Waals surface area contributed by atoms with Crippen LogP contribution in [0.4, 0.5) is 11.5 Å². The zero-order valence-corrected chi connectivity index (χ0v) is 15.1. The molecule has 0 radical (unpaired) electrons. The maximum Gasteiger partial charge on any atom is 0.238 e. The highest BCUT2D eigenvalue weighted by molar-refractivity contribution is 5.93. The second-order valence-corrected chi connectivity index (χ2v) is 6.67. The normalized spacial score (nSPS) is 15.2. The van der Waals surface area contributed by atoms with Gasteiger partial charge in [-0.25, -0.2) is 0 Å². The van der Waals surface area contributed by atoms with Crippen LogP contribution >= 0.6 is 0 Å². The van der Waals surface area contributed by atoms with Crippen molar-refractivity contribution in [1.82, 2.24) is 15.1 Å². The van der Waals surface area contributed by atoms with Crippen molar-refractivity contribution in [1.29, 1.82) is 0 Å². The van der Waals surface area contributed by atoms with Crippen molar-refractivity contribution in [3.8, 4) is 0 Å². The molecule has 1 aliphatic heterocycles. The summed E-state index contributed by atoms with van der Waals surface area (Å²) in [5.74, 6) is 0.945. The van der Waals surface area contributed by atoms with Crippen LogP contribution in [0.3, 0.4) is 0 Å². The van der Waals surface area contributed by atoms with Crippen molar-refractivity contribution in [3.63, 3.8) is 0 Å². The zero-order valence-electron chi connectivity index (χ0n) is 15.1. The van der Waals surface area contributed by atoms with Crippen LogP contribution < -0.4 is 10.2 Å². The zero-order chi connectivity index (χ0) is 17.8. The fraction of sp³-hybridized carbons (Fsp3) is 0.421. The first kappa shape index (κ1) is 17.4. The summed E-state index contributed by atoms with van der Waals surface area (Å²) in [6, 6.07) is 8.07. The van der Waals surface area contributed by atoms with E-state index >= 15 is 0 Å². The van der Waals surface area contributed by atoms with E-state index < -0.39 is 0 Å². The van der Waals surface area contributed by atoms with Gasteiger partial charge >= 0.3 is 0 Å². The van der Waals surface area contributed by atoms with E-state index in [1.165, 1.54) is 5.56 Å². The largest absolute Gasteiger partial charge is 0.353 e. The molecule has 1 amide bonds. The molecule has 1 aromatic carbocycles. The molecule has 3 rings (SSSR count). The molecule has 6 nitrogen and oxygen atoms in total. The van der Waals surface area contributed by atoms with E-state index in [1.54, 1.807) is 6.20 Å². The predicted octanol–water partition coefficient (Wildman–Crippen LogP) is 2.16. The van der Waals surface area contributed by atoms with E-state index in [0.717, 1.165) is 48.8 Å². The van der Waals surface area contributed by atoms with Gasteiger partial charge in [0.2, 0.25) is 5.91 Å². The molecule has 6 heteroatoms. The lowest BCUT2D eigenvalue weighted by Crippen LogP contribution is -2.49. The van der Waals surface area contributed by atoms with Crippen LogP contribution in [0.1, 0.15) is 16.7 Å². The Kier molecular flexibility index (Phi) is 5.28. The highest BCUT2D eigenvalue weighted by atomic mass is 16.2. The molecule has 0 unspecified atom stereocenters. The summed E-state index contributed by atoms with van der Waals surface area (Å²) in [6.45, 7) is 9.96. The molecule has 1 aromatic heterocycles. The molecule has 0 saturated carbocycles. The standard InChI is InChI=1S/C19H25N5O/c1-14-11-15(2)19(16(3)12-14)21-18(25)13-23-7-9-24(10-8-23)17-5-4-6-20-22-17/h4-6,11-12H,7-10,13H2,1-3H3,(H,21,25). The molecule has 1 N–H and O–H groups in total. The fourth-order valence-corrected chi connectivity index (χ4v) is 3.36. The molecule has 0 spiro atoms. The van der Waals surface area contributed by atoms with Crippen LogP contribution in [-0.4, -0.2) is 53.7 Å². The number of aryl methyl sites for hydroxylation is 3. The Morgan fingerprint density at radius 1 is 1.12 bits per heavy atom. The van der Waals surface area contributed by atoms with Crippen LogP contribution in [0.2, 0.25) is 0 Å². The molecule has 1 saturated heterocycles. The average Bonchev–Trinajstić information content (AvgIpc) is 2.59. The van der Waals surface area contributed by atoms with Crippen molar-refractivity contribution < 1.29 is 4.79 Å². The molecule has 132 valence electrons. The summed E-state index contributed by atoms with van der Waals surface area (Å²) < 4.78 is 0. The first-order valence-electron chi connectivity index (χ1n) is 8.65. The Labute approximate surface area is 148 Å². The molecule has 0 aliphatic carbocycles. The number of anilines is 2. The van der Waals surface area contributed by atoms with Gasteiger partial charge < -0.3 is 10.2 Å². The minimum atomic E-state index is 0.0444. The minimum absolute atomic E-state index is 0.0444. The van der Waals surface area contributed by atoms with E-state index in [2.05, 4.69) is 44.4 Å². The first-order valence-corrected chi connectivity index (χ1v) is 8.65. The maximum absolute atomic E-state index is 12.4. The van der Waals surface area contributed by atoms with E-state index in [1.807, 2.05) is 26.0 Å². The third-order valence-corrected chi connectivity index (χ3v) is 4.56. The molecule has 1 aliphatic rings. The lowest BCUT2D eigenvalue weighted by atomic mass is 10.1. The Morgan fingerprint density at radius 2 is 1.80 bits per heavy atom. The molecule has 1 fully saturated rings. The third-order valence-electron chi connectivity index (χ3n) is 4.56. The van der Waals surface area contributed by atoms with Gasteiger partial charge in [-0.05, 0) is 44.0 Å². The van der Waals surface area contributed by atoms with E-state index in [-0.39, 0.29) is 5.91 Å². The number of aromatic nitrogens is 2. The smallest absolute Gasteiger partial charge is 0.238 e. The van der Waals surface area contributed by atoms with Crippen LogP contribution in [0, 0.1) is 20.8 Å². The number of nitrogens with zero attached hydrogens (tertiary/aromatic N) is 4. The molecule has 0 atom stereocenters. The number of piperazine rings is 1. The summed E-state index contributed by atoms with van der Waals surface area (Å²) in [5, 5.41) is 11.2. The number of rotatable bonds is 4. The Bertz CT molecular complexity index is 716. The molecule has 2 heterocycles. The van der Waals surface area contributed by atoms with Gasteiger partial charge in [-0.3, -0.25) is 9.69 Å². The summed E-state index contributed by atoms with van der Waals surface area (Å²) in [6.07, 6.45) is 1.68. The van der Waals surface area contributed by atoms with Crippen LogP contribution in [-0.2, 0) is 4.79 Å². The SMILES string of the molecule is Cc1cc(C)c(NC(=O)CN2CCN(c3cccnn3)CC2)c(C)c1. The summed E-state index contributed by atoms with van der Waals surface area (Å²) in [5.41, 5.74) is 4.37. The summed E-state index contributed by atoms with van der Waals surface area (Å²) in [7, 11) is 0. The van der Waals surface area contributed by atoms with Gasteiger partial charge in [0.1, 0.15) is 0 Å². The van der Waals surface area contributed by atoms with Gasteiger partial charge in [0.25, 0.3) is 0 Å². The van der Waals surface area contributed by atoms with Crippen LogP contribution in [0.15, 0.2) is 30.5 Å². The Hall–Kier alpha value is -2.47. The maximum atomic E-state index is 12.4. The second-order valence-electron chi connectivity index (χ2n) is 6.67. The highest BCUT2D eigenvalue weighted by Gasteiger charge is 2.20. The number of carbonyl (C=O) groups is 1. The number of hydrogen-bond acceptors (Lipinski definition) is 5. The van der Waals surface area contributed by atoms with Crippen LogP contribution in [0.5, 0.6) is 0 Å². The van der Waals surface area contributed by atoms with Crippen molar-refractivity contribution in [3.05, 3.63) is 47.2 Å². The highest BCUT2D eigenvalue weighted by Crippen LogP contribution is 2.22. The molecular weight excluding hydrogens is 314 g/mol. The van der Waals surface area contributed by atoms with Gasteiger partial charge in [-0.2, -0.15) is 5.10 Å². The van der Waals surface area contributed by atoms with Gasteiger partial charge in [0.15, 0.2) is 5.82 Å². The number of nitrogens with one attached hydrogen (secondary N) is 1. The van der Waals surface area contributed by atoms with E-state index in [0.29, 0.717) is 6.54 Å². The quantitative estimate of drug-likeness (QED) is 0.925. The van der Waals surface area contributed by atoms with Crippen molar-refractivity contribution in [2.45, 2.75) is 20.8 Å². The number of hydrogen-bond donors (Lipinski definition) is 1. The van der Waals surface area contributed by atoms with Crippen molar-refractivity contribution in [2.75, 3.05) is 42.9 Å². The topological polar surface area (TPSA) is 61.4 Å². The van der Waals surface area contributed by atoms with Gasteiger partial charge in [-0.15, -0.1) is 5.10 Å². The van der Waals surface area contributed by atoms with Gasteiger partial charge in [0, 0.05) is 38.1 Å². The minimum Gasteiger partial charge on any atom is -0.353 e. The summed E-state index contributed by atoms with van der Waals surface area (Å²) >= 11 is 0. The summed E-state index contributed by atoms with van der Waals surface area (Å²) in [4.78, 5) is 16.8. The van der Waals surface area contributed by atoms with Gasteiger partial charge in [0.05, 0.1) is 6.54 Å². The third kappa shape index (κ3) is 4.33. The first-order chi connectivity index (χ1) is 12.0. The number of amides is 1. The number of benzene rings is 1. The average molecular weight is 339 g/mol. The molecule has 2 aromatic rings. The van der Waals surface area contributed by atoms with Crippen molar-refractivity contribution in [2.24, 2.45) is 0 Å². The Balaban J connectivity index is 1.53. The lowest BCUT2D eigenvalue weighted by Gasteiger charge is -2.34. The van der Waals surface area contributed by atoms with Crippen molar-refractivity contribution >= 4 is 17.4 Å². The fourth-order valence-electron chi connectivity index (χ4n) is 3.36. The molecule has 0 bridgehead atoms. The Morgan fingerprint density at radius 3 is 2.40 bits per heavy atom. The second kappa shape index (κ2) is 7.61. The molecular formula is C19H25N5O. The van der Waals surface area contributed by atoms with Gasteiger partial charge in [-0.1, -0.05) is 17.7 Å².